The van der Waals surface area contributed by atoms with Gasteiger partial charge in [0.1, 0.15) is 17.3 Å². The van der Waals surface area contributed by atoms with E-state index in [4.69, 9.17) is 21.1 Å². The predicted molar refractivity (Wildman–Crippen MR) is 86.1 cm³/mol. The number of hydrogen-bond donors (Lipinski definition) is 0. The van der Waals surface area contributed by atoms with Crippen LogP contribution in [0.2, 0.25) is 5.02 Å². The molecule has 0 aliphatic rings. The van der Waals surface area contributed by atoms with Crippen LogP contribution >= 0.6 is 27.5 Å². The summed E-state index contributed by atoms with van der Waals surface area (Å²) >= 11 is 8.86. The van der Waals surface area contributed by atoms with E-state index >= 15 is 0 Å². The van der Waals surface area contributed by atoms with Crippen LogP contribution in [0.25, 0.3) is 0 Å². The Bertz CT molecular complexity index is 736. The molecule has 2 aromatic rings. The summed E-state index contributed by atoms with van der Waals surface area (Å²) in [6.45, 7) is 0. The molecule has 0 saturated heterocycles. The Morgan fingerprint density at radius 2 is 1.74 bits per heavy atom. The lowest BCUT2D eigenvalue weighted by Gasteiger charge is -2.07. The average Bonchev–Trinajstić information content (AvgIpc) is 2.48. The zero-order valence-corrected chi connectivity index (χ0v) is 14.1. The van der Waals surface area contributed by atoms with E-state index in [-0.39, 0.29) is 18.6 Å². The van der Waals surface area contributed by atoms with Crippen molar-refractivity contribution in [1.29, 1.82) is 0 Å². The fourth-order valence-electron chi connectivity index (χ4n) is 1.65. The zero-order valence-electron chi connectivity index (χ0n) is 11.7. The second-order valence-corrected chi connectivity index (χ2v) is 5.77. The van der Waals surface area contributed by atoms with Gasteiger partial charge in [-0.1, -0.05) is 17.7 Å². The fraction of sp³-hybridized carbons (Fsp3) is 0.125. The lowest BCUT2D eigenvalue weighted by molar-refractivity contribution is -0.140. The molecule has 7 heteroatoms. The Morgan fingerprint density at radius 1 is 1.04 bits per heavy atom. The Balaban J connectivity index is 1.83. The van der Waals surface area contributed by atoms with Crippen LogP contribution in [0.3, 0.4) is 0 Å². The van der Waals surface area contributed by atoms with Crippen molar-refractivity contribution >= 4 is 39.5 Å². The lowest BCUT2D eigenvalue weighted by atomic mass is 10.3. The maximum absolute atomic E-state index is 12.9. The van der Waals surface area contributed by atoms with Gasteiger partial charge in [-0.25, -0.2) is 4.39 Å². The molecule has 0 amide bonds. The topological polar surface area (TPSA) is 52.6 Å². The summed E-state index contributed by atoms with van der Waals surface area (Å²) in [5.41, 5.74) is 0. The molecule has 0 aliphatic carbocycles. The molecule has 0 fully saturated rings. The lowest BCUT2D eigenvalue weighted by Crippen LogP contribution is -2.14. The number of benzene rings is 2. The molecule has 0 saturated carbocycles. The summed E-state index contributed by atoms with van der Waals surface area (Å²) in [5.74, 6) is -1.18. The quantitative estimate of drug-likeness (QED) is 0.545. The van der Waals surface area contributed by atoms with E-state index < -0.39 is 17.8 Å². The largest absolute Gasteiger partial charge is 0.426 e. The molecule has 0 heterocycles. The van der Waals surface area contributed by atoms with Crippen molar-refractivity contribution in [1.82, 2.24) is 0 Å². The maximum Gasteiger partial charge on any atom is 0.311 e. The minimum absolute atomic E-state index is 0.149. The summed E-state index contributed by atoms with van der Waals surface area (Å²) in [7, 11) is 0. The van der Waals surface area contributed by atoms with Crippen LogP contribution in [-0.2, 0) is 9.59 Å². The number of rotatable bonds is 5. The van der Waals surface area contributed by atoms with Gasteiger partial charge in [-0.05, 0) is 52.3 Å². The maximum atomic E-state index is 12.9. The number of halogens is 3. The van der Waals surface area contributed by atoms with Crippen LogP contribution in [0.4, 0.5) is 4.39 Å². The van der Waals surface area contributed by atoms with Gasteiger partial charge in [0.15, 0.2) is 0 Å². The molecule has 2 rings (SSSR count). The molecule has 120 valence electrons. The summed E-state index contributed by atoms with van der Waals surface area (Å²) < 4.78 is 23.3. The highest BCUT2D eigenvalue weighted by molar-refractivity contribution is 9.10. The molecule has 0 aromatic heterocycles. The van der Waals surface area contributed by atoms with Crippen molar-refractivity contribution in [3.63, 3.8) is 0 Å². The monoisotopic (exact) mass is 400 g/mol. The van der Waals surface area contributed by atoms with E-state index in [2.05, 4.69) is 15.9 Å². The number of hydrogen-bond acceptors (Lipinski definition) is 4. The molecular weight excluding hydrogens is 391 g/mol. The number of carbonyl (C=O) groups excluding carboxylic acids is 2. The molecule has 0 aliphatic heterocycles. The Hall–Kier alpha value is -1.92. The first-order chi connectivity index (χ1) is 10.9. The molecule has 0 unspecified atom stereocenters. The molecule has 4 nitrogen and oxygen atoms in total. The van der Waals surface area contributed by atoms with Crippen LogP contribution in [0.5, 0.6) is 11.5 Å². The van der Waals surface area contributed by atoms with E-state index in [1.54, 1.807) is 18.2 Å². The van der Waals surface area contributed by atoms with E-state index in [0.717, 1.165) is 0 Å². The van der Waals surface area contributed by atoms with E-state index in [9.17, 15) is 14.0 Å². The number of ether oxygens (including phenoxy) is 2. The highest BCUT2D eigenvalue weighted by Crippen LogP contribution is 2.26. The Kier molecular flexibility index (Phi) is 6.12. The predicted octanol–water partition coefficient (Wildman–Crippen LogP) is 4.53. The standard InChI is InChI=1S/C16H11BrClFO4/c17-13-9-11(19)4-5-14(13)23-16(21)7-6-15(20)22-12-3-1-2-10(18)8-12/h1-5,8-9H,6-7H2. The van der Waals surface area contributed by atoms with Gasteiger partial charge in [0, 0.05) is 5.02 Å². The molecule has 23 heavy (non-hydrogen) atoms. The van der Waals surface area contributed by atoms with Crippen molar-refractivity contribution in [2.75, 3.05) is 0 Å². The third-order valence-electron chi connectivity index (χ3n) is 2.68. The van der Waals surface area contributed by atoms with Crippen LogP contribution in [0.15, 0.2) is 46.9 Å². The summed E-state index contributed by atoms with van der Waals surface area (Å²) in [6.07, 6.45) is -0.312. The third kappa shape index (κ3) is 5.65. The number of carbonyl (C=O) groups is 2. The van der Waals surface area contributed by atoms with Crippen LogP contribution < -0.4 is 9.47 Å². The van der Waals surface area contributed by atoms with Crippen molar-refractivity contribution in [3.05, 3.63) is 57.8 Å². The van der Waals surface area contributed by atoms with Crippen molar-refractivity contribution in [2.45, 2.75) is 12.8 Å². The Labute approximate surface area is 145 Å². The van der Waals surface area contributed by atoms with E-state index in [1.165, 1.54) is 24.3 Å². The third-order valence-corrected chi connectivity index (χ3v) is 3.53. The van der Waals surface area contributed by atoms with E-state index in [0.29, 0.717) is 15.2 Å². The molecular formula is C16H11BrClFO4. The fourth-order valence-corrected chi connectivity index (χ4v) is 2.26. The zero-order chi connectivity index (χ0) is 16.8. The van der Waals surface area contributed by atoms with Crippen molar-refractivity contribution in [2.24, 2.45) is 0 Å². The van der Waals surface area contributed by atoms with Gasteiger partial charge in [0.25, 0.3) is 0 Å². The molecule has 0 spiro atoms. The van der Waals surface area contributed by atoms with Crippen LogP contribution in [0, 0.1) is 5.82 Å². The van der Waals surface area contributed by atoms with Gasteiger partial charge < -0.3 is 9.47 Å². The highest BCUT2D eigenvalue weighted by Gasteiger charge is 2.13. The second-order valence-electron chi connectivity index (χ2n) is 4.48. The minimum atomic E-state index is -0.625. The first-order valence-electron chi connectivity index (χ1n) is 6.56. The first kappa shape index (κ1) is 17.4. The normalized spacial score (nSPS) is 10.2. The molecule has 2 aromatic carbocycles. The van der Waals surface area contributed by atoms with Gasteiger partial charge in [0.05, 0.1) is 17.3 Å². The number of esters is 2. The van der Waals surface area contributed by atoms with E-state index in [1.807, 2.05) is 0 Å². The summed E-state index contributed by atoms with van der Waals surface area (Å²) in [5, 5.41) is 0.441. The van der Waals surface area contributed by atoms with Crippen molar-refractivity contribution < 1.29 is 23.5 Å². The first-order valence-corrected chi connectivity index (χ1v) is 7.73. The summed E-state index contributed by atoms with van der Waals surface area (Å²) in [4.78, 5) is 23.4. The van der Waals surface area contributed by atoms with Gasteiger partial charge in [0.2, 0.25) is 0 Å². The minimum Gasteiger partial charge on any atom is -0.426 e. The van der Waals surface area contributed by atoms with Gasteiger partial charge in [-0.15, -0.1) is 0 Å². The van der Waals surface area contributed by atoms with Gasteiger partial charge >= 0.3 is 11.9 Å². The van der Waals surface area contributed by atoms with Crippen LogP contribution in [0.1, 0.15) is 12.8 Å². The molecule has 0 N–H and O–H groups in total. The molecule has 0 atom stereocenters. The van der Waals surface area contributed by atoms with Gasteiger partial charge in [-0.3, -0.25) is 9.59 Å². The van der Waals surface area contributed by atoms with Crippen molar-refractivity contribution in [3.8, 4) is 11.5 Å². The van der Waals surface area contributed by atoms with Gasteiger partial charge in [-0.2, -0.15) is 0 Å². The SMILES string of the molecule is O=C(CCC(=O)Oc1ccc(F)cc1Br)Oc1cccc(Cl)c1. The molecule has 0 radical (unpaired) electrons. The Morgan fingerprint density at radius 3 is 2.39 bits per heavy atom. The highest BCUT2D eigenvalue weighted by atomic mass is 79.9. The van der Waals surface area contributed by atoms with Crippen LogP contribution in [-0.4, -0.2) is 11.9 Å². The summed E-state index contributed by atoms with van der Waals surface area (Å²) in [6, 6.07) is 10.0. The second kappa shape index (κ2) is 8.08. The average molecular weight is 402 g/mol. The molecule has 0 bridgehead atoms. The smallest absolute Gasteiger partial charge is 0.311 e.